The summed E-state index contributed by atoms with van der Waals surface area (Å²) in [6.45, 7) is 3.23. The number of aromatic nitrogens is 2. The number of carbonyl (C=O) groups excluding carboxylic acids is 2. The van der Waals surface area contributed by atoms with Gasteiger partial charge in [0, 0.05) is 18.2 Å². The summed E-state index contributed by atoms with van der Waals surface area (Å²) < 4.78 is 35.2. The molecular formula is C31H23F2N3O3. The molecule has 1 amide bonds. The maximum atomic E-state index is 14.1. The molecule has 6 nitrogen and oxygen atoms in total. The minimum absolute atomic E-state index is 0.0724. The van der Waals surface area contributed by atoms with Gasteiger partial charge in [-0.3, -0.25) is 9.59 Å². The fourth-order valence-corrected chi connectivity index (χ4v) is 4.23. The summed E-state index contributed by atoms with van der Waals surface area (Å²) in [4.78, 5) is 24.7. The molecule has 0 spiro atoms. The Hall–Kier alpha value is -5.11. The molecule has 1 N–H and O–H groups in total. The van der Waals surface area contributed by atoms with Crippen LogP contribution in [0.1, 0.15) is 22.8 Å². The highest BCUT2D eigenvalue weighted by molar-refractivity contribution is 6.04. The molecule has 1 aromatic heterocycles. The SMILES string of the molecule is CC(=O)Oc1c(-c2ccc(NC(=O)c3ccccc3F)cc2)c(-c2cccc(C)c2)nn1-c1cccc(F)c1. The fourth-order valence-electron chi connectivity index (χ4n) is 4.23. The highest BCUT2D eigenvalue weighted by atomic mass is 19.1. The summed E-state index contributed by atoms with van der Waals surface area (Å²) in [5.41, 5.74) is 4.17. The number of hydrogen-bond donors (Lipinski definition) is 1. The Labute approximate surface area is 223 Å². The van der Waals surface area contributed by atoms with Crippen LogP contribution < -0.4 is 10.1 Å². The van der Waals surface area contributed by atoms with Crippen LogP contribution in [-0.2, 0) is 4.79 Å². The zero-order valence-corrected chi connectivity index (χ0v) is 21.1. The van der Waals surface area contributed by atoms with Crippen LogP contribution in [0.5, 0.6) is 5.88 Å². The van der Waals surface area contributed by atoms with Crippen LogP contribution in [0.2, 0.25) is 0 Å². The third-order valence-corrected chi connectivity index (χ3v) is 5.98. The average molecular weight is 524 g/mol. The number of halogens is 2. The van der Waals surface area contributed by atoms with E-state index >= 15 is 0 Å². The molecule has 8 heteroatoms. The molecule has 5 aromatic rings. The number of nitrogens with zero attached hydrogens (tertiary/aromatic N) is 2. The first-order valence-corrected chi connectivity index (χ1v) is 12.1. The fraction of sp³-hybridized carbons (Fsp3) is 0.0645. The number of ether oxygens (including phenoxy) is 1. The minimum atomic E-state index is -0.620. The van der Waals surface area contributed by atoms with Gasteiger partial charge in [0.2, 0.25) is 5.88 Å². The molecule has 194 valence electrons. The van der Waals surface area contributed by atoms with E-state index in [9.17, 15) is 18.4 Å². The van der Waals surface area contributed by atoms with E-state index in [1.807, 2.05) is 31.2 Å². The van der Waals surface area contributed by atoms with Gasteiger partial charge in [0.05, 0.1) is 16.8 Å². The maximum absolute atomic E-state index is 14.1. The van der Waals surface area contributed by atoms with E-state index in [4.69, 9.17) is 9.84 Å². The van der Waals surface area contributed by atoms with Gasteiger partial charge < -0.3 is 10.1 Å². The van der Waals surface area contributed by atoms with Gasteiger partial charge in [0.25, 0.3) is 5.91 Å². The molecule has 0 fully saturated rings. The van der Waals surface area contributed by atoms with Crippen molar-refractivity contribution in [3.63, 3.8) is 0 Å². The summed E-state index contributed by atoms with van der Waals surface area (Å²) in [5, 5.41) is 7.43. The number of esters is 1. The molecule has 0 aliphatic carbocycles. The molecular weight excluding hydrogens is 500 g/mol. The molecule has 1 heterocycles. The van der Waals surface area contributed by atoms with E-state index in [0.717, 1.165) is 11.1 Å². The minimum Gasteiger partial charge on any atom is -0.407 e. The van der Waals surface area contributed by atoms with Gasteiger partial charge in [-0.05, 0) is 61.0 Å². The van der Waals surface area contributed by atoms with E-state index in [2.05, 4.69) is 5.32 Å². The van der Waals surface area contributed by atoms with E-state index < -0.39 is 23.5 Å². The van der Waals surface area contributed by atoms with Crippen molar-refractivity contribution < 1.29 is 23.1 Å². The summed E-state index contributed by atoms with van der Waals surface area (Å²) in [6.07, 6.45) is 0. The van der Waals surface area contributed by atoms with Gasteiger partial charge >= 0.3 is 5.97 Å². The number of rotatable bonds is 6. The lowest BCUT2D eigenvalue weighted by molar-refractivity contribution is -0.132. The Kier molecular flexibility index (Phi) is 7.01. The van der Waals surface area contributed by atoms with Gasteiger partial charge in [-0.15, -0.1) is 0 Å². The van der Waals surface area contributed by atoms with Crippen LogP contribution in [-0.4, -0.2) is 21.7 Å². The van der Waals surface area contributed by atoms with Gasteiger partial charge in [0.15, 0.2) is 0 Å². The van der Waals surface area contributed by atoms with E-state index in [1.165, 1.54) is 41.9 Å². The zero-order valence-electron chi connectivity index (χ0n) is 21.1. The van der Waals surface area contributed by atoms with Crippen molar-refractivity contribution in [3.8, 4) is 34.0 Å². The summed E-state index contributed by atoms with van der Waals surface area (Å²) in [7, 11) is 0. The Morgan fingerprint density at radius 1 is 0.846 bits per heavy atom. The van der Waals surface area contributed by atoms with Crippen LogP contribution in [0.15, 0.2) is 97.1 Å². The number of aryl methyl sites for hydroxylation is 1. The Morgan fingerprint density at radius 3 is 2.28 bits per heavy atom. The number of benzene rings is 4. The van der Waals surface area contributed by atoms with Crippen molar-refractivity contribution in [2.45, 2.75) is 13.8 Å². The van der Waals surface area contributed by atoms with E-state index in [1.54, 1.807) is 42.5 Å². The Bertz CT molecular complexity index is 1690. The third kappa shape index (κ3) is 5.45. The first-order chi connectivity index (χ1) is 18.8. The van der Waals surface area contributed by atoms with E-state index in [0.29, 0.717) is 28.2 Å². The zero-order chi connectivity index (χ0) is 27.5. The van der Waals surface area contributed by atoms with Crippen molar-refractivity contribution in [1.29, 1.82) is 0 Å². The third-order valence-electron chi connectivity index (χ3n) is 5.98. The molecule has 0 aliphatic heterocycles. The molecule has 39 heavy (non-hydrogen) atoms. The van der Waals surface area contributed by atoms with Gasteiger partial charge in [-0.2, -0.15) is 9.78 Å². The summed E-state index contributed by atoms with van der Waals surface area (Å²) in [6, 6.07) is 26.0. The molecule has 5 rings (SSSR count). The van der Waals surface area contributed by atoms with E-state index in [-0.39, 0.29) is 11.4 Å². The molecule has 0 unspecified atom stereocenters. The van der Waals surface area contributed by atoms with Crippen LogP contribution in [0, 0.1) is 18.6 Å². The van der Waals surface area contributed by atoms with Crippen molar-refractivity contribution in [2.24, 2.45) is 0 Å². The second-order valence-corrected chi connectivity index (χ2v) is 8.89. The van der Waals surface area contributed by atoms with Crippen LogP contribution in [0.25, 0.3) is 28.1 Å². The highest BCUT2D eigenvalue weighted by Crippen LogP contribution is 2.41. The monoisotopic (exact) mass is 523 g/mol. The molecule has 0 atom stereocenters. The van der Waals surface area contributed by atoms with Crippen LogP contribution in [0.3, 0.4) is 0 Å². The smallest absolute Gasteiger partial charge is 0.309 e. The molecule has 0 saturated carbocycles. The second kappa shape index (κ2) is 10.7. The van der Waals surface area contributed by atoms with Gasteiger partial charge in [-0.1, -0.05) is 54.1 Å². The van der Waals surface area contributed by atoms with Gasteiger partial charge in [0.1, 0.15) is 17.3 Å². The van der Waals surface area contributed by atoms with Crippen molar-refractivity contribution >= 4 is 17.6 Å². The largest absolute Gasteiger partial charge is 0.407 e. The number of hydrogen-bond acceptors (Lipinski definition) is 4. The quantitative estimate of drug-likeness (QED) is 0.244. The number of nitrogens with one attached hydrogen (secondary N) is 1. The lowest BCUT2D eigenvalue weighted by Crippen LogP contribution is -2.13. The van der Waals surface area contributed by atoms with Crippen molar-refractivity contribution in [2.75, 3.05) is 5.32 Å². The van der Waals surface area contributed by atoms with Crippen LogP contribution >= 0.6 is 0 Å². The van der Waals surface area contributed by atoms with Crippen LogP contribution in [0.4, 0.5) is 14.5 Å². The predicted octanol–water partition coefficient (Wildman–Crippen LogP) is 6.97. The average Bonchev–Trinajstić information content (AvgIpc) is 3.28. The summed E-state index contributed by atoms with van der Waals surface area (Å²) >= 11 is 0. The predicted molar refractivity (Wildman–Crippen MR) is 145 cm³/mol. The van der Waals surface area contributed by atoms with Crippen molar-refractivity contribution in [1.82, 2.24) is 9.78 Å². The number of amides is 1. The standard InChI is InChI=1S/C31H23F2N3O3/c1-19-7-5-8-22(17-19)29-28(31(39-20(2)37)36(35-29)25-10-6-9-23(32)18-25)21-13-15-24(16-14-21)34-30(38)26-11-3-4-12-27(26)33/h3-18H,1-2H3,(H,34,38). The normalized spacial score (nSPS) is 10.8. The molecule has 4 aromatic carbocycles. The number of anilines is 1. The molecule has 0 radical (unpaired) electrons. The first-order valence-electron chi connectivity index (χ1n) is 12.1. The second-order valence-electron chi connectivity index (χ2n) is 8.89. The van der Waals surface area contributed by atoms with Crippen molar-refractivity contribution in [3.05, 3.63) is 120 Å². The maximum Gasteiger partial charge on any atom is 0.309 e. The number of carbonyl (C=O) groups is 2. The Morgan fingerprint density at radius 2 is 1.59 bits per heavy atom. The summed E-state index contributed by atoms with van der Waals surface area (Å²) in [5.74, 6) is -2.12. The Balaban J connectivity index is 1.62. The molecule has 0 bridgehead atoms. The highest BCUT2D eigenvalue weighted by Gasteiger charge is 2.25. The molecule has 0 saturated heterocycles. The first kappa shape index (κ1) is 25.5. The lowest BCUT2D eigenvalue weighted by atomic mass is 10.00. The lowest BCUT2D eigenvalue weighted by Gasteiger charge is -2.11. The van der Waals surface area contributed by atoms with Gasteiger partial charge in [-0.25, -0.2) is 8.78 Å². The molecule has 0 aliphatic rings. The topological polar surface area (TPSA) is 73.2 Å².